The topological polar surface area (TPSA) is 9.23 Å². The molecule has 18 heavy (non-hydrogen) atoms. The third kappa shape index (κ3) is 13.6. The van der Waals surface area contributed by atoms with Crippen molar-refractivity contribution in [2.24, 2.45) is 0 Å². The van der Waals surface area contributed by atoms with Gasteiger partial charge >= 0.3 is 0 Å². The van der Waals surface area contributed by atoms with Gasteiger partial charge in [0.05, 0.1) is 12.4 Å². The summed E-state index contributed by atoms with van der Waals surface area (Å²) in [6.45, 7) is 9.07. The lowest BCUT2D eigenvalue weighted by atomic mass is 10.1. The lowest BCUT2D eigenvalue weighted by molar-refractivity contribution is 0.199. The van der Waals surface area contributed by atoms with Gasteiger partial charge in [0.1, 0.15) is 0 Å². The average molecular weight is 254 g/mol. The molecule has 0 aliphatic carbocycles. The largest absolute Gasteiger partial charge is 0.499 e. The van der Waals surface area contributed by atoms with Gasteiger partial charge < -0.3 is 4.74 Å². The zero-order chi connectivity index (χ0) is 13.5. The van der Waals surface area contributed by atoms with Gasteiger partial charge in [0.25, 0.3) is 0 Å². The lowest BCUT2D eigenvalue weighted by Crippen LogP contribution is -1.93. The molecule has 0 amide bonds. The maximum Gasteiger partial charge on any atom is 0.0885 e. The van der Waals surface area contributed by atoms with Crippen LogP contribution < -0.4 is 0 Å². The summed E-state index contributed by atoms with van der Waals surface area (Å²) in [4.78, 5) is 0. The zero-order valence-electron chi connectivity index (χ0n) is 12.8. The Morgan fingerprint density at radius 1 is 0.722 bits per heavy atom. The van der Waals surface area contributed by atoms with Crippen molar-refractivity contribution in [3.8, 4) is 0 Å². The van der Waals surface area contributed by atoms with Gasteiger partial charge in [0.2, 0.25) is 0 Å². The molecule has 0 aliphatic heterocycles. The maximum atomic E-state index is 5.48. The fourth-order valence-electron chi connectivity index (χ4n) is 2.08. The highest BCUT2D eigenvalue weighted by molar-refractivity contribution is 4.79. The molecule has 0 rings (SSSR count). The molecular weight excluding hydrogens is 220 g/mol. The van der Waals surface area contributed by atoms with Crippen LogP contribution in [0.15, 0.2) is 12.3 Å². The molecule has 0 bridgehead atoms. The molecule has 0 atom stereocenters. The summed E-state index contributed by atoms with van der Waals surface area (Å²) < 4.78 is 5.48. The maximum absolute atomic E-state index is 5.48. The van der Waals surface area contributed by atoms with Crippen molar-refractivity contribution >= 4 is 0 Å². The number of allylic oxidation sites excluding steroid dienone is 1. The van der Waals surface area contributed by atoms with Crippen LogP contribution in [0.2, 0.25) is 0 Å². The van der Waals surface area contributed by atoms with E-state index in [9.17, 15) is 0 Å². The Hall–Kier alpha value is -0.460. The molecule has 108 valence electrons. The van der Waals surface area contributed by atoms with E-state index in [1.165, 1.54) is 70.6 Å². The van der Waals surface area contributed by atoms with Crippen molar-refractivity contribution < 1.29 is 4.74 Å². The monoisotopic (exact) mass is 254 g/mol. The third-order valence-corrected chi connectivity index (χ3v) is 3.45. The van der Waals surface area contributed by atoms with Crippen LogP contribution in [0.3, 0.4) is 0 Å². The van der Waals surface area contributed by atoms with Crippen LogP contribution >= 0.6 is 0 Å². The highest BCUT2D eigenvalue weighted by Crippen LogP contribution is 2.11. The summed E-state index contributed by atoms with van der Waals surface area (Å²) in [7, 11) is 0. The molecular formula is C17H34O. The van der Waals surface area contributed by atoms with E-state index in [4.69, 9.17) is 4.74 Å². The van der Waals surface area contributed by atoms with E-state index in [0.29, 0.717) is 0 Å². The fraction of sp³-hybridized carbons (Fsp3) is 0.882. The van der Waals surface area contributed by atoms with Crippen molar-refractivity contribution in [2.75, 3.05) is 6.61 Å². The zero-order valence-corrected chi connectivity index (χ0v) is 12.8. The number of unbranched alkanes of at least 4 members (excludes halogenated alkanes) is 10. The molecule has 0 aliphatic rings. The standard InChI is InChI=1S/C17H34O/c1-4-6-7-8-9-10-11-12-13-14-15-16-18-17(3)5-2/h3-16H2,1-2H3. The summed E-state index contributed by atoms with van der Waals surface area (Å²) >= 11 is 0. The summed E-state index contributed by atoms with van der Waals surface area (Å²) in [6.07, 6.45) is 16.2. The fourth-order valence-corrected chi connectivity index (χ4v) is 2.08. The van der Waals surface area contributed by atoms with Crippen LogP contribution in [0.4, 0.5) is 0 Å². The summed E-state index contributed by atoms with van der Waals surface area (Å²) in [6, 6.07) is 0. The smallest absolute Gasteiger partial charge is 0.0885 e. The van der Waals surface area contributed by atoms with Gasteiger partial charge in [-0.2, -0.15) is 0 Å². The van der Waals surface area contributed by atoms with Crippen LogP contribution in [0.25, 0.3) is 0 Å². The Balaban J connectivity index is 2.97. The molecule has 0 saturated heterocycles. The molecule has 1 heteroatoms. The van der Waals surface area contributed by atoms with Crippen molar-refractivity contribution in [2.45, 2.75) is 90.9 Å². The molecule has 1 nitrogen and oxygen atoms in total. The molecule has 0 aromatic carbocycles. The van der Waals surface area contributed by atoms with Gasteiger partial charge in [-0.15, -0.1) is 0 Å². The van der Waals surface area contributed by atoms with E-state index in [2.05, 4.69) is 20.4 Å². The number of ether oxygens (including phenoxy) is 1. The number of hydrogen-bond acceptors (Lipinski definition) is 1. The summed E-state index contributed by atoms with van der Waals surface area (Å²) in [5.41, 5.74) is 0. The molecule has 0 N–H and O–H groups in total. The van der Waals surface area contributed by atoms with E-state index in [0.717, 1.165) is 18.8 Å². The second kappa shape index (κ2) is 14.6. The Labute approximate surface area is 115 Å². The third-order valence-electron chi connectivity index (χ3n) is 3.45. The molecule has 0 spiro atoms. The minimum atomic E-state index is 0.865. The minimum Gasteiger partial charge on any atom is -0.499 e. The van der Waals surface area contributed by atoms with Gasteiger partial charge in [0, 0.05) is 6.42 Å². The van der Waals surface area contributed by atoms with Crippen LogP contribution in [0, 0.1) is 0 Å². The van der Waals surface area contributed by atoms with Gasteiger partial charge in [-0.3, -0.25) is 0 Å². The van der Waals surface area contributed by atoms with Gasteiger partial charge in [-0.1, -0.05) is 84.6 Å². The second-order valence-corrected chi connectivity index (χ2v) is 5.28. The first-order valence-electron chi connectivity index (χ1n) is 8.11. The number of rotatable bonds is 14. The number of hydrogen-bond donors (Lipinski definition) is 0. The highest BCUT2D eigenvalue weighted by atomic mass is 16.5. The Kier molecular flexibility index (Phi) is 14.2. The molecule has 0 unspecified atom stereocenters. The summed E-state index contributed by atoms with van der Waals surface area (Å²) in [5.74, 6) is 0.932. The van der Waals surface area contributed by atoms with E-state index in [1.54, 1.807) is 0 Å². The predicted octanol–water partition coefficient (Wildman–Crippen LogP) is 6.24. The first-order chi connectivity index (χ1) is 8.81. The average Bonchev–Trinajstić information content (AvgIpc) is 2.39. The molecule has 0 heterocycles. The van der Waals surface area contributed by atoms with E-state index >= 15 is 0 Å². The SMILES string of the molecule is C=C(CC)OCCCCCCCCCCCCC. The quantitative estimate of drug-likeness (QED) is 0.263. The molecule has 0 aromatic rings. The van der Waals surface area contributed by atoms with Crippen molar-refractivity contribution in [3.05, 3.63) is 12.3 Å². The van der Waals surface area contributed by atoms with E-state index in [-0.39, 0.29) is 0 Å². The van der Waals surface area contributed by atoms with E-state index < -0.39 is 0 Å². The molecule has 0 aromatic heterocycles. The molecule has 0 saturated carbocycles. The van der Waals surface area contributed by atoms with Crippen LogP contribution in [-0.4, -0.2) is 6.61 Å². The molecule has 0 fully saturated rings. The Morgan fingerprint density at radius 2 is 1.17 bits per heavy atom. The van der Waals surface area contributed by atoms with Gasteiger partial charge in [0.15, 0.2) is 0 Å². The van der Waals surface area contributed by atoms with Crippen molar-refractivity contribution in [1.29, 1.82) is 0 Å². The van der Waals surface area contributed by atoms with Crippen molar-refractivity contribution in [1.82, 2.24) is 0 Å². The second-order valence-electron chi connectivity index (χ2n) is 5.28. The predicted molar refractivity (Wildman–Crippen MR) is 81.8 cm³/mol. The summed E-state index contributed by atoms with van der Waals surface area (Å²) in [5, 5.41) is 0. The van der Waals surface area contributed by atoms with Crippen LogP contribution in [0.1, 0.15) is 90.9 Å². The van der Waals surface area contributed by atoms with Crippen molar-refractivity contribution in [3.63, 3.8) is 0 Å². The van der Waals surface area contributed by atoms with Gasteiger partial charge in [-0.25, -0.2) is 0 Å². The first kappa shape index (κ1) is 17.5. The highest BCUT2D eigenvalue weighted by Gasteiger charge is 1.94. The normalized spacial score (nSPS) is 10.6. The Morgan fingerprint density at radius 3 is 1.61 bits per heavy atom. The minimum absolute atomic E-state index is 0.865. The van der Waals surface area contributed by atoms with Crippen LogP contribution in [0.5, 0.6) is 0 Å². The van der Waals surface area contributed by atoms with Gasteiger partial charge in [-0.05, 0) is 6.42 Å². The van der Waals surface area contributed by atoms with E-state index in [1.807, 2.05) is 0 Å². The Bertz CT molecular complexity index is 174. The first-order valence-corrected chi connectivity index (χ1v) is 8.11. The molecule has 0 radical (unpaired) electrons. The van der Waals surface area contributed by atoms with Crippen LogP contribution in [-0.2, 0) is 4.74 Å². The lowest BCUT2D eigenvalue weighted by Gasteiger charge is -2.06.